The zero-order valence-electron chi connectivity index (χ0n) is 10.9. The molecule has 5 nitrogen and oxygen atoms in total. The summed E-state index contributed by atoms with van der Waals surface area (Å²) in [6.45, 7) is 3.40. The van der Waals surface area contributed by atoms with Crippen molar-refractivity contribution in [1.29, 1.82) is 0 Å². The zero-order chi connectivity index (χ0) is 12.8. The summed E-state index contributed by atoms with van der Waals surface area (Å²) in [5.41, 5.74) is 0. The topological polar surface area (TPSA) is 59.0 Å². The molecule has 0 aromatic carbocycles. The lowest BCUT2D eigenvalue weighted by atomic mass is 10.1. The molecule has 0 bridgehead atoms. The molecule has 2 N–H and O–H groups in total. The molecule has 2 unspecified atom stereocenters. The fourth-order valence-corrected chi connectivity index (χ4v) is 2.57. The lowest BCUT2D eigenvalue weighted by molar-refractivity contribution is -0.121. The molecule has 1 aliphatic rings. The van der Waals surface area contributed by atoms with Gasteiger partial charge in [-0.3, -0.25) is 4.79 Å². The maximum atomic E-state index is 11.8. The Hall–Kier alpha value is -1.36. The van der Waals surface area contributed by atoms with E-state index >= 15 is 0 Å². The summed E-state index contributed by atoms with van der Waals surface area (Å²) in [5, 5.41) is 6.25. The first-order valence-electron chi connectivity index (χ1n) is 6.78. The van der Waals surface area contributed by atoms with E-state index in [-0.39, 0.29) is 11.9 Å². The smallest absolute Gasteiger partial charge is 0.234 e. The van der Waals surface area contributed by atoms with Crippen LogP contribution in [-0.2, 0) is 4.79 Å². The average Bonchev–Trinajstić information content (AvgIpc) is 2.99. The fraction of sp³-hybridized carbons (Fsp3) is 0.692. The molecule has 1 amide bonds. The maximum Gasteiger partial charge on any atom is 0.234 e. The Morgan fingerprint density at radius 2 is 2.39 bits per heavy atom. The number of carbonyl (C=O) groups is 1. The molecule has 2 rings (SSSR count). The van der Waals surface area contributed by atoms with Crippen molar-refractivity contribution in [2.75, 3.05) is 13.1 Å². The van der Waals surface area contributed by atoms with Crippen LogP contribution in [0.3, 0.4) is 0 Å². The molecule has 0 spiro atoms. The third-order valence-electron chi connectivity index (χ3n) is 3.45. The van der Waals surface area contributed by atoms with E-state index in [1.807, 2.05) is 12.5 Å². The number of imidazole rings is 1. The third kappa shape index (κ3) is 3.32. The molecule has 1 aliphatic carbocycles. The molecule has 1 heterocycles. The van der Waals surface area contributed by atoms with Crippen LogP contribution in [0.1, 0.15) is 38.6 Å². The van der Waals surface area contributed by atoms with E-state index in [1.54, 1.807) is 6.20 Å². The van der Waals surface area contributed by atoms with E-state index in [0.717, 1.165) is 32.2 Å². The SMILES string of the molecule is CCCNCC(=O)NC1CCCC1n1ccnc1. The minimum absolute atomic E-state index is 0.0977. The van der Waals surface area contributed by atoms with Crippen LogP contribution in [0.4, 0.5) is 0 Å². The second-order valence-corrected chi connectivity index (χ2v) is 4.86. The Kier molecular flexibility index (Phi) is 4.75. The first-order valence-corrected chi connectivity index (χ1v) is 6.78. The molecular weight excluding hydrogens is 228 g/mol. The number of carbonyl (C=O) groups excluding carboxylic acids is 1. The normalized spacial score (nSPS) is 23.2. The molecule has 100 valence electrons. The van der Waals surface area contributed by atoms with Crippen LogP contribution in [0, 0.1) is 0 Å². The van der Waals surface area contributed by atoms with E-state index in [2.05, 4.69) is 27.1 Å². The van der Waals surface area contributed by atoms with E-state index < -0.39 is 0 Å². The van der Waals surface area contributed by atoms with Crippen LogP contribution in [0.15, 0.2) is 18.7 Å². The van der Waals surface area contributed by atoms with Gasteiger partial charge in [0.2, 0.25) is 5.91 Å². The molecule has 0 saturated heterocycles. The highest BCUT2D eigenvalue weighted by Crippen LogP contribution is 2.29. The number of hydrogen-bond acceptors (Lipinski definition) is 3. The Balaban J connectivity index is 1.83. The van der Waals surface area contributed by atoms with Crippen molar-refractivity contribution < 1.29 is 4.79 Å². The molecule has 1 saturated carbocycles. The van der Waals surface area contributed by atoms with Gasteiger partial charge in [0.05, 0.1) is 18.9 Å². The van der Waals surface area contributed by atoms with Gasteiger partial charge in [0.15, 0.2) is 0 Å². The molecule has 0 aliphatic heterocycles. The largest absolute Gasteiger partial charge is 0.350 e. The Bertz CT molecular complexity index is 363. The number of nitrogens with zero attached hydrogens (tertiary/aromatic N) is 2. The third-order valence-corrected chi connectivity index (χ3v) is 3.45. The van der Waals surface area contributed by atoms with Crippen molar-refractivity contribution in [3.05, 3.63) is 18.7 Å². The van der Waals surface area contributed by atoms with Crippen LogP contribution >= 0.6 is 0 Å². The summed E-state index contributed by atoms with van der Waals surface area (Å²) in [7, 11) is 0. The minimum atomic E-state index is 0.0977. The summed E-state index contributed by atoms with van der Waals surface area (Å²) in [4.78, 5) is 15.9. The van der Waals surface area contributed by atoms with Gasteiger partial charge in [0.1, 0.15) is 0 Å². The highest BCUT2D eigenvalue weighted by molar-refractivity contribution is 5.78. The Morgan fingerprint density at radius 3 is 3.11 bits per heavy atom. The minimum Gasteiger partial charge on any atom is -0.350 e. The fourth-order valence-electron chi connectivity index (χ4n) is 2.57. The van der Waals surface area contributed by atoms with Crippen molar-refractivity contribution in [3.8, 4) is 0 Å². The van der Waals surface area contributed by atoms with Crippen molar-refractivity contribution in [3.63, 3.8) is 0 Å². The van der Waals surface area contributed by atoms with Gasteiger partial charge in [-0.1, -0.05) is 6.92 Å². The van der Waals surface area contributed by atoms with Gasteiger partial charge in [-0.15, -0.1) is 0 Å². The van der Waals surface area contributed by atoms with Gasteiger partial charge in [-0.05, 0) is 32.2 Å². The van der Waals surface area contributed by atoms with Crippen molar-refractivity contribution >= 4 is 5.91 Å². The molecule has 2 atom stereocenters. The van der Waals surface area contributed by atoms with Gasteiger partial charge >= 0.3 is 0 Å². The second kappa shape index (κ2) is 6.54. The van der Waals surface area contributed by atoms with Crippen molar-refractivity contribution in [2.45, 2.75) is 44.7 Å². The second-order valence-electron chi connectivity index (χ2n) is 4.86. The average molecular weight is 250 g/mol. The number of rotatable bonds is 6. The monoisotopic (exact) mass is 250 g/mol. The first-order chi connectivity index (χ1) is 8.81. The first kappa shape index (κ1) is 13.1. The highest BCUT2D eigenvalue weighted by Gasteiger charge is 2.29. The standard InChI is InChI=1S/C13H22N4O/c1-2-6-14-9-13(18)16-11-4-3-5-12(11)17-8-7-15-10-17/h7-8,10-12,14H,2-6,9H2,1H3,(H,16,18). The van der Waals surface area contributed by atoms with E-state index in [9.17, 15) is 4.79 Å². The zero-order valence-corrected chi connectivity index (χ0v) is 10.9. The summed E-state index contributed by atoms with van der Waals surface area (Å²) in [6, 6.07) is 0.609. The quantitative estimate of drug-likeness (QED) is 0.743. The number of aromatic nitrogens is 2. The molecular formula is C13H22N4O. The highest BCUT2D eigenvalue weighted by atomic mass is 16.2. The van der Waals surface area contributed by atoms with Crippen LogP contribution in [0.25, 0.3) is 0 Å². The molecule has 1 fully saturated rings. The number of amides is 1. The van der Waals surface area contributed by atoms with Crippen molar-refractivity contribution in [1.82, 2.24) is 20.2 Å². The molecule has 5 heteroatoms. The van der Waals surface area contributed by atoms with Gasteiger partial charge in [-0.25, -0.2) is 4.98 Å². The van der Waals surface area contributed by atoms with Crippen LogP contribution in [-0.4, -0.2) is 34.6 Å². The van der Waals surface area contributed by atoms with Gasteiger partial charge in [0, 0.05) is 18.4 Å². The summed E-state index contributed by atoms with van der Waals surface area (Å²) >= 11 is 0. The summed E-state index contributed by atoms with van der Waals surface area (Å²) in [5.74, 6) is 0.0977. The number of nitrogens with one attached hydrogen (secondary N) is 2. The molecule has 18 heavy (non-hydrogen) atoms. The molecule has 1 aromatic rings. The van der Waals surface area contributed by atoms with Crippen molar-refractivity contribution in [2.24, 2.45) is 0 Å². The van der Waals surface area contributed by atoms with E-state index in [4.69, 9.17) is 0 Å². The van der Waals surface area contributed by atoms with Crippen LogP contribution < -0.4 is 10.6 Å². The van der Waals surface area contributed by atoms with Gasteiger partial charge in [-0.2, -0.15) is 0 Å². The Morgan fingerprint density at radius 1 is 1.50 bits per heavy atom. The lowest BCUT2D eigenvalue weighted by Gasteiger charge is -2.22. The van der Waals surface area contributed by atoms with Crippen LogP contribution in [0.2, 0.25) is 0 Å². The molecule has 0 radical (unpaired) electrons. The maximum absolute atomic E-state index is 11.8. The number of hydrogen-bond donors (Lipinski definition) is 2. The summed E-state index contributed by atoms with van der Waals surface area (Å²) < 4.78 is 2.11. The summed E-state index contributed by atoms with van der Waals surface area (Å²) in [6.07, 6.45) is 9.99. The Labute approximate surface area is 108 Å². The van der Waals surface area contributed by atoms with Gasteiger partial charge < -0.3 is 15.2 Å². The predicted molar refractivity (Wildman–Crippen MR) is 70.2 cm³/mol. The molecule has 1 aromatic heterocycles. The van der Waals surface area contributed by atoms with Crippen LogP contribution in [0.5, 0.6) is 0 Å². The van der Waals surface area contributed by atoms with E-state index in [0.29, 0.717) is 12.6 Å². The predicted octanol–water partition coefficient (Wildman–Crippen LogP) is 1.09. The van der Waals surface area contributed by atoms with Gasteiger partial charge in [0.25, 0.3) is 0 Å². The van der Waals surface area contributed by atoms with E-state index in [1.165, 1.54) is 0 Å². The lowest BCUT2D eigenvalue weighted by Crippen LogP contribution is -2.42.